The fraction of sp³-hybridized carbons (Fsp3) is 0.167. The molecule has 94 valence electrons. The maximum atomic E-state index is 5.80. The molecule has 0 aliphatic carbocycles. The van der Waals surface area contributed by atoms with Crippen LogP contribution in [0.25, 0.3) is 0 Å². The summed E-state index contributed by atoms with van der Waals surface area (Å²) in [5, 5.41) is 0.656. The van der Waals surface area contributed by atoms with E-state index in [0.717, 1.165) is 0 Å². The van der Waals surface area contributed by atoms with Gasteiger partial charge in [-0.15, -0.1) is 0 Å². The zero-order valence-electron chi connectivity index (χ0n) is 9.85. The van der Waals surface area contributed by atoms with E-state index in [1.54, 1.807) is 30.3 Å². The molecule has 0 saturated heterocycles. The van der Waals surface area contributed by atoms with E-state index >= 15 is 0 Å². The van der Waals surface area contributed by atoms with Gasteiger partial charge >= 0.3 is 0 Å². The third kappa shape index (κ3) is 3.09. The predicted molar refractivity (Wildman–Crippen MR) is 70.7 cm³/mol. The van der Waals surface area contributed by atoms with Crippen LogP contribution in [0.5, 0.6) is 11.6 Å². The Morgan fingerprint density at radius 2 is 2.00 bits per heavy atom. The Balaban J connectivity index is 2.25. The summed E-state index contributed by atoms with van der Waals surface area (Å²) in [6, 6.07) is 8.67. The number of nitrogens with one attached hydrogen (secondary N) is 1. The SMILES string of the molecule is CCc1nc(NN)cc(Oc2ccc(Cl)cc2)n1. The predicted octanol–water partition coefficient (Wildman–Crippen LogP) is 2.77. The van der Waals surface area contributed by atoms with E-state index in [9.17, 15) is 0 Å². The summed E-state index contributed by atoms with van der Waals surface area (Å²) >= 11 is 5.80. The van der Waals surface area contributed by atoms with Crippen LogP contribution in [0.15, 0.2) is 30.3 Å². The molecular weight excluding hydrogens is 252 g/mol. The molecule has 0 unspecified atom stereocenters. The molecule has 6 heteroatoms. The molecule has 0 atom stereocenters. The average molecular weight is 265 g/mol. The van der Waals surface area contributed by atoms with Crippen LogP contribution in [-0.4, -0.2) is 9.97 Å². The molecule has 0 spiro atoms. The zero-order valence-corrected chi connectivity index (χ0v) is 10.6. The van der Waals surface area contributed by atoms with Crippen LogP contribution in [0.4, 0.5) is 5.82 Å². The lowest BCUT2D eigenvalue weighted by Crippen LogP contribution is -2.10. The van der Waals surface area contributed by atoms with Gasteiger partial charge in [0.15, 0.2) is 0 Å². The molecule has 2 rings (SSSR count). The normalized spacial score (nSPS) is 10.2. The smallest absolute Gasteiger partial charge is 0.224 e. The van der Waals surface area contributed by atoms with Gasteiger partial charge in [0, 0.05) is 17.5 Å². The Bertz CT molecular complexity index is 508. The van der Waals surface area contributed by atoms with E-state index in [1.165, 1.54) is 0 Å². The molecule has 18 heavy (non-hydrogen) atoms. The molecule has 0 fully saturated rings. The average Bonchev–Trinajstić information content (AvgIpc) is 2.41. The van der Waals surface area contributed by atoms with Crippen molar-refractivity contribution in [1.29, 1.82) is 0 Å². The number of ether oxygens (including phenoxy) is 1. The summed E-state index contributed by atoms with van der Waals surface area (Å²) in [4.78, 5) is 8.43. The quantitative estimate of drug-likeness (QED) is 0.656. The number of benzene rings is 1. The summed E-state index contributed by atoms with van der Waals surface area (Å²) in [7, 11) is 0. The molecule has 1 aromatic heterocycles. The summed E-state index contributed by atoms with van der Waals surface area (Å²) in [6.45, 7) is 1.96. The van der Waals surface area contributed by atoms with E-state index in [2.05, 4.69) is 15.4 Å². The Morgan fingerprint density at radius 3 is 2.61 bits per heavy atom. The molecule has 0 radical (unpaired) electrons. The Labute approximate surface area is 110 Å². The number of anilines is 1. The first-order valence-corrected chi connectivity index (χ1v) is 5.87. The molecule has 1 heterocycles. The van der Waals surface area contributed by atoms with Gasteiger partial charge in [0.2, 0.25) is 5.88 Å². The summed E-state index contributed by atoms with van der Waals surface area (Å²) in [6.07, 6.45) is 0.701. The highest BCUT2D eigenvalue weighted by molar-refractivity contribution is 6.30. The van der Waals surface area contributed by atoms with Gasteiger partial charge in [-0.3, -0.25) is 0 Å². The Kier molecular flexibility index (Phi) is 3.96. The molecular formula is C12H13ClN4O. The van der Waals surface area contributed by atoms with Crippen LogP contribution in [0.2, 0.25) is 5.02 Å². The minimum atomic E-state index is 0.442. The first-order valence-electron chi connectivity index (χ1n) is 5.49. The van der Waals surface area contributed by atoms with Crippen molar-refractivity contribution in [3.05, 3.63) is 41.2 Å². The second-order valence-electron chi connectivity index (χ2n) is 3.56. The number of rotatable bonds is 4. The number of hydrogen-bond donors (Lipinski definition) is 2. The number of aryl methyl sites for hydroxylation is 1. The fourth-order valence-corrected chi connectivity index (χ4v) is 1.51. The van der Waals surface area contributed by atoms with Crippen LogP contribution in [0.1, 0.15) is 12.7 Å². The largest absolute Gasteiger partial charge is 0.439 e. The summed E-state index contributed by atoms with van der Waals surface area (Å²) < 4.78 is 5.61. The number of aromatic nitrogens is 2. The zero-order chi connectivity index (χ0) is 13.0. The highest BCUT2D eigenvalue weighted by Gasteiger charge is 2.05. The number of nitrogens with zero attached hydrogens (tertiary/aromatic N) is 2. The highest BCUT2D eigenvalue weighted by Crippen LogP contribution is 2.23. The van der Waals surface area contributed by atoms with Crippen molar-refractivity contribution in [2.75, 3.05) is 5.43 Å². The second kappa shape index (κ2) is 5.66. The third-order valence-corrected chi connectivity index (χ3v) is 2.50. The number of hydrazine groups is 1. The molecule has 0 bridgehead atoms. The summed E-state index contributed by atoms with van der Waals surface area (Å²) in [5.41, 5.74) is 2.48. The maximum absolute atomic E-state index is 5.80. The van der Waals surface area contributed by atoms with Crippen molar-refractivity contribution >= 4 is 17.4 Å². The lowest BCUT2D eigenvalue weighted by Gasteiger charge is -2.08. The second-order valence-corrected chi connectivity index (χ2v) is 4.00. The van der Waals surface area contributed by atoms with Crippen molar-refractivity contribution in [3.8, 4) is 11.6 Å². The topological polar surface area (TPSA) is 73.1 Å². The lowest BCUT2D eigenvalue weighted by atomic mass is 10.3. The molecule has 5 nitrogen and oxygen atoms in total. The van der Waals surface area contributed by atoms with Gasteiger partial charge in [0.25, 0.3) is 0 Å². The van der Waals surface area contributed by atoms with Crippen LogP contribution in [-0.2, 0) is 6.42 Å². The van der Waals surface area contributed by atoms with Gasteiger partial charge in [0.1, 0.15) is 17.4 Å². The number of nitrogen functional groups attached to an aromatic ring is 1. The number of nitrogens with two attached hydrogens (primary N) is 1. The van der Waals surface area contributed by atoms with Gasteiger partial charge in [-0.2, -0.15) is 4.98 Å². The van der Waals surface area contributed by atoms with Crippen LogP contribution >= 0.6 is 11.6 Å². The van der Waals surface area contributed by atoms with Gasteiger partial charge in [-0.25, -0.2) is 10.8 Å². The van der Waals surface area contributed by atoms with Crippen LogP contribution in [0, 0.1) is 0 Å². The van der Waals surface area contributed by atoms with Crippen LogP contribution < -0.4 is 16.0 Å². The molecule has 0 aliphatic heterocycles. The lowest BCUT2D eigenvalue weighted by molar-refractivity contribution is 0.459. The Morgan fingerprint density at radius 1 is 1.28 bits per heavy atom. The number of hydrogen-bond acceptors (Lipinski definition) is 5. The van der Waals surface area contributed by atoms with Crippen molar-refractivity contribution < 1.29 is 4.74 Å². The minimum Gasteiger partial charge on any atom is -0.439 e. The molecule has 0 amide bonds. The van der Waals surface area contributed by atoms with Gasteiger partial charge in [0.05, 0.1) is 0 Å². The molecule has 2 aromatic rings. The number of halogens is 1. The van der Waals surface area contributed by atoms with E-state index in [0.29, 0.717) is 34.7 Å². The highest BCUT2D eigenvalue weighted by atomic mass is 35.5. The van der Waals surface area contributed by atoms with Crippen molar-refractivity contribution in [2.24, 2.45) is 5.84 Å². The maximum Gasteiger partial charge on any atom is 0.224 e. The standard InChI is InChI=1S/C12H13ClN4O/c1-2-10-15-11(17-14)7-12(16-10)18-9-5-3-8(13)4-6-9/h3-7H,2,14H2,1H3,(H,15,16,17). The van der Waals surface area contributed by atoms with Gasteiger partial charge in [-0.05, 0) is 24.3 Å². The molecule has 0 saturated carbocycles. The fourth-order valence-electron chi connectivity index (χ4n) is 1.38. The monoisotopic (exact) mass is 264 g/mol. The van der Waals surface area contributed by atoms with Crippen molar-refractivity contribution in [3.63, 3.8) is 0 Å². The first-order chi connectivity index (χ1) is 8.71. The van der Waals surface area contributed by atoms with E-state index in [4.69, 9.17) is 22.2 Å². The van der Waals surface area contributed by atoms with Crippen LogP contribution in [0.3, 0.4) is 0 Å². The van der Waals surface area contributed by atoms with E-state index in [-0.39, 0.29) is 0 Å². The van der Waals surface area contributed by atoms with Gasteiger partial charge < -0.3 is 10.2 Å². The Hall–Kier alpha value is -1.85. The first kappa shape index (κ1) is 12.6. The van der Waals surface area contributed by atoms with Crippen molar-refractivity contribution in [1.82, 2.24) is 9.97 Å². The van der Waals surface area contributed by atoms with E-state index in [1.807, 2.05) is 6.92 Å². The van der Waals surface area contributed by atoms with Gasteiger partial charge in [-0.1, -0.05) is 18.5 Å². The van der Waals surface area contributed by atoms with Crippen molar-refractivity contribution in [2.45, 2.75) is 13.3 Å². The third-order valence-electron chi connectivity index (χ3n) is 2.25. The minimum absolute atomic E-state index is 0.442. The molecule has 0 aliphatic rings. The molecule has 1 aromatic carbocycles. The van der Waals surface area contributed by atoms with E-state index < -0.39 is 0 Å². The summed E-state index contributed by atoms with van der Waals surface area (Å²) in [5.74, 6) is 7.62. The molecule has 3 N–H and O–H groups in total.